The number of carbonyl (C=O) groups excluding carboxylic acids is 1. The summed E-state index contributed by atoms with van der Waals surface area (Å²) in [5, 5.41) is 0.598. The fraction of sp³-hybridized carbons (Fsp3) is 0.105. The molecule has 1 amide bonds. The molecular formula is C19H15ClN2O3S. The van der Waals surface area contributed by atoms with Crippen molar-refractivity contribution in [2.75, 3.05) is 18.6 Å². The van der Waals surface area contributed by atoms with E-state index in [1.165, 1.54) is 11.3 Å². The van der Waals surface area contributed by atoms with Crippen molar-refractivity contribution < 1.29 is 14.3 Å². The molecule has 0 saturated heterocycles. The predicted molar refractivity (Wildman–Crippen MR) is 103 cm³/mol. The van der Waals surface area contributed by atoms with Crippen LogP contribution < -0.4 is 20.3 Å². The van der Waals surface area contributed by atoms with Crippen molar-refractivity contribution in [3.05, 3.63) is 64.5 Å². The largest absolute Gasteiger partial charge is 0.486 e. The van der Waals surface area contributed by atoms with Gasteiger partial charge in [0.05, 0.1) is 10.6 Å². The molecule has 2 N–H and O–H groups in total. The summed E-state index contributed by atoms with van der Waals surface area (Å²) in [5.41, 5.74) is 7.24. The summed E-state index contributed by atoms with van der Waals surface area (Å²) in [6.07, 6.45) is 0. The molecule has 0 fully saturated rings. The first-order chi connectivity index (χ1) is 12.7. The number of fused-ring (bicyclic) bond motifs is 1. The van der Waals surface area contributed by atoms with E-state index < -0.39 is 0 Å². The van der Waals surface area contributed by atoms with Gasteiger partial charge in [0.15, 0.2) is 11.5 Å². The molecule has 1 aliphatic rings. The Balaban J connectivity index is 1.46. The number of hydrazine groups is 1. The van der Waals surface area contributed by atoms with E-state index in [0.29, 0.717) is 23.1 Å². The average molecular weight is 387 g/mol. The fourth-order valence-electron chi connectivity index (χ4n) is 2.57. The molecule has 7 heteroatoms. The molecular weight excluding hydrogens is 372 g/mol. The zero-order chi connectivity index (χ0) is 17.9. The molecule has 1 aliphatic heterocycles. The molecule has 0 saturated carbocycles. The van der Waals surface area contributed by atoms with Crippen LogP contribution in [0.5, 0.6) is 11.5 Å². The molecule has 5 nitrogen and oxygen atoms in total. The number of rotatable bonds is 4. The third-order valence-corrected chi connectivity index (χ3v) is 5.17. The van der Waals surface area contributed by atoms with Gasteiger partial charge in [-0.25, -0.2) is 0 Å². The quantitative estimate of drug-likeness (QED) is 0.643. The van der Waals surface area contributed by atoms with Gasteiger partial charge in [-0.2, -0.15) is 0 Å². The first-order valence-electron chi connectivity index (χ1n) is 8.01. The minimum atomic E-state index is -0.209. The van der Waals surface area contributed by atoms with Crippen molar-refractivity contribution in [1.82, 2.24) is 5.43 Å². The van der Waals surface area contributed by atoms with Gasteiger partial charge in [-0.15, -0.1) is 11.3 Å². The molecule has 0 atom stereocenters. The maximum Gasteiger partial charge on any atom is 0.279 e. The summed E-state index contributed by atoms with van der Waals surface area (Å²) < 4.78 is 11.2. The highest BCUT2D eigenvalue weighted by Gasteiger charge is 2.15. The van der Waals surface area contributed by atoms with E-state index in [2.05, 4.69) is 10.9 Å². The lowest BCUT2D eigenvalue weighted by atomic mass is 10.1. The number of thiophene rings is 1. The second-order valence-corrected chi connectivity index (χ2v) is 7.13. The minimum Gasteiger partial charge on any atom is -0.486 e. The number of ether oxygens (including phenoxy) is 2. The van der Waals surface area contributed by atoms with Crippen LogP contribution in [0.25, 0.3) is 10.4 Å². The van der Waals surface area contributed by atoms with E-state index >= 15 is 0 Å². The first kappa shape index (κ1) is 16.8. The molecule has 0 spiro atoms. The molecule has 1 aromatic heterocycles. The van der Waals surface area contributed by atoms with Crippen molar-refractivity contribution in [3.8, 4) is 21.9 Å². The zero-order valence-corrected chi connectivity index (χ0v) is 15.2. The number of amides is 1. The second kappa shape index (κ2) is 7.27. The molecule has 0 radical (unpaired) electrons. The SMILES string of the molecule is O=C(NNc1cccc(Cl)c1)c1ccc(-c2ccc3c(c2)OCCO3)s1. The first-order valence-corrected chi connectivity index (χ1v) is 9.20. The van der Waals surface area contributed by atoms with Gasteiger partial charge >= 0.3 is 0 Å². The van der Waals surface area contributed by atoms with Crippen LogP contribution in [0.1, 0.15) is 9.67 Å². The Morgan fingerprint density at radius 1 is 1.00 bits per heavy atom. The highest BCUT2D eigenvalue weighted by molar-refractivity contribution is 7.17. The van der Waals surface area contributed by atoms with E-state index in [1.54, 1.807) is 18.2 Å². The number of halogens is 1. The molecule has 26 heavy (non-hydrogen) atoms. The van der Waals surface area contributed by atoms with Crippen LogP contribution in [-0.2, 0) is 0 Å². The summed E-state index contributed by atoms with van der Waals surface area (Å²) in [7, 11) is 0. The molecule has 0 bridgehead atoms. The summed E-state index contributed by atoms with van der Waals surface area (Å²) in [4.78, 5) is 13.9. The number of carbonyl (C=O) groups is 1. The fourth-order valence-corrected chi connectivity index (χ4v) is 3.66. The Labute approximate surface area is 159 Å². The predicted octanol–water partition coefficient (Wildman–Crippen LogP) is 4.60. The molecule has 2 heterocycles. The van der Waals surface area contributed by atoms with Crippen LogP contribution in [0.4, 0.5) is 5.69 Å². The van der Waals surface area contributed by atoms with Gasteiger partial charge in [0.2, 0.25) is 0 Å². The maximum absolute atomic E-state index is 12.3. The minimum absolute atomic E-state index is 0.209. The van der Waals surface area contributed by atoms with E-state index in [9.17, 15) is 4.79 Å². The summed E-state index contributed by atoms with van der Waals surface area (Å²) in [6, 6.07) is 16.6. The Bertz CT molecular complexity index is 957. The number of anilines is 1. The second-order valence-electron chi connectivity index (χ2n) is 5.61. The number of benzene rings is 2. The lowest BCUT2D eigenvalue weighted by Crippen LogP contribution is -2.28. The average Bonchev–Trinajstić information content (AvgIpc) is 3.16. The van der Waals surface area contributed by atoms with Gasteiger partial charge in [0, 0.05) is 9.90 Å². The van der Waals surface area contributed by atoms with Crippen LogP contribution in [-0.4, -0.2) is 19.1 Å². The summed E-state index contributed by atoms with van der Waals surface area (Å²) >= 11 is 7.34. The van der Waals surface area contributed by atoms with Gasteiger partial charge in [-0.3, -0.25) is 15.6 Å². The third kappa shape index (κ3) is 3.61. The van der Waals surface area contributed by atoms with Crippen LogP contribution in [0.3, 0.4) is 0 Å². The third-order valence-electron chi connectivity index (χ3n) is 3.80. The summed E-state index contributed by atoms with van der Waals surface area (Å²) in [6.45, 7) is 1.11. The van der Waals surface area contributed by atoms with E-state index in [0.717, 1.165) is 27.6 Å². The molecule has 3 aromatic rings. The lowest BCUT2D eigenvalue weighted by molar-refractivity contribution is 0.0966. The van der Waals surface area contributed by atoms with Gasteiger partial charge in [0.1, 0.15) is 13.2 Å². The van der Waals surface area contributed by atoms with Crippen molar-refractivity contribution in [2.45, 2.75) is 0 Å². The monoisotopic (exact) mass is 386 g/mol. The Morgan fingerprint density at radius 2 is 1.85 bits per heavy atom. The van der Waals surface area contributed by atoms with E-state index in [4.69, 9.17) is 21.1 Å². The van der Waals surface area contributed by atoms with Crippen molar-refractivity contribution in [1.29, 1.82) is 0 Å². The molecule has 0 unspecified atom stereocenters. The highest BCUT2D eigenvalue weighted by atomic mass is 35.5. The van der Waals surface area contributed by atoms with Crippen LogP contribution in [0, 0.1) is 0 Å². The van der Waals surface area contributed by atoms with Gasteiger partial charge < -0.3 is 9.47 Å². The van der Waals surface area contributed by atoms with E-state index in [-0.39, 0.29) is 5.91 Å². The lowest BCUT2D eigenvalue weighted by Gasteiger charge is -2.18. The van der Waals surface area contributed by atoms with Crippen LogP contribution >= 0.6 is 22.9 Å². The topological polar surface area (TPSA) is 59.6 Å². The number of nitrogens with one attached hydrogen (secondary N) is 2. The standard InChI is InChI=1S/C19H15ClN2O3S/c20-13-2-1-3-14(11-13)21-22-19(23)18-7-6-17(26-18)12-4-5-15-16(10-12)25-9-8-24-15/h1-7,10-11,21H,8-9H2,(H,22,23). The molecule has 132 valence electrons. The van der Waals surface area contributed by atoms with Crippen LogP contribution in [0.15, 0.2) is 54.6 Å². The van der Waals surface area contributed by atoms with Gasteiger partial charge in [-0.05, 0) is 54.1 Å². The Hall–Kier alpha value is -2.70. The number of hydrogen-bond donors (Lipinski definition) is 2. The molecule has 4 rings (SSSR count). The zero-order valence-electron chi connectivity index (χ0n) is 13.6. The Kier molecular flexibility index (Phi) is 4.69. The molecule has 2 aromatic carbocycles. The van der Waals surface area contributed by atoms with Crippen molar-refractivity contribution >= 4 is 34.5 Å². The Morgan fingerprint density at radius 3 is 2.69 bits per heavy atom. The normalized spacial score (nSPS) is 12.5. The van der Waals surface area contributed by atoms with Crippen molar-refractivity contribution in [2.24, 2.45) is 0 Å². The van der Waals surface area contributed by atoms with Gasteiger partial charge in [-0.1, -0.05) is 17.7 Å². The van der Waals surface area contributed by atoms with Gasteiger partial charge in [0.25, 0.3) is 5.91 Å². The van der Waals surface area contributed by atoms with E-state index in [1.807, 2.05) is 36.4 Å². The smallest absolute Gasteiger partial charge is 0.279 e. The van der Waals surface area contributed by atoms with Crippen LogP contribution in [0.2, 0.25) is 5.02 Å². The molecule has 0 aliphatic carbocycles. The highest BCUT2D eigenvalue weighted by Crippen LogP contribution is 2.36. The maximum atomic E-state index is 12.3. The van der Waals surface area contributed by atoms with Crippen molar-refractivity contribution in [3.63, 3.8) is 0 Å². The number of hydrogen-bond acceptors (Lipinski definition) is 5. The summed E-state index contributed by atoms with van der Waals surface area (Å²) in [5.74, 6) is 1.27.